The molecule has 5 heteroatoms. The van der Waals surface area contributed by atoms with Crippen LogP contribution in [0.2, 0.25) is 0 Å². The molecule has 0 spiro atoms. The van der Waals surface area contributed by atoms with Crippen LogP contribution in [0.1, 0.15) is 47.5 Å². The number of ether oxygens (including phenoxy) is 1. The molecule has 1 rings (SSSR count). The van der Waals surface area contributed by atoms with Gasteiger partial charge in [-0.3, -0.25) is 0 Å². The SMILES string of the molecule is CC(F)=C(C)C1(F)CCN(C(=O)OC(C)(C)C)CC1. The van der Waals surface area contributed by atoms with Crippen molar-refractivity contribution in [3.05, 3.63) is 11.4 Å². The molecule has 0 N–H and O–H groups in total. The average Bonchev–Trinajstić information content (AvgIpc) is 2.26. The van der Waals surface area contributed by atoms with E-state index in [1.165, 1.54) is 18.7 Å². The van der Waals surface area contributed by atoms with Crippen LogP contribution in [0.15, 0.2) is 11.4 Å². The minimum absolute atomic E-state index is 0.110. The van der Waals surface area contributed by atoms with Gasteiger partial charge in [0.2, 0.25) is 0 Å². The number of hydrogen-bond donors (Lipinski definition) is 0. The monoisotopic (exact) mass is 275 g/mol. The van der Waals surface area contributed by atoms with Gasteiger partial charge in [-0.1, -0.05) is 0 Å². The molecule has 1 saturated heterocycles. The molecule has 0 aromatic heterocycles. The van der Waals surface area contributed by atoms with E-state index in [0.717, 1.165) is 0 Å². The van der Waals surface area contributed by atoms with Crippen LogP contribution < -0.4 is 0 Å². The van der Waals surface area contributed by atoms with Crippen LogP contribution in [0.3, 0.4) is 0 Å². The van der Waals surface area contributed by atoms with Gasteiger partial charge < -0.3 is 9.64 Å². The highest BCUT2D eigenvalue weighted by Gasteiger charge is 2.39. The minimum atomic E-state index is -1.64. The molecule has 0 saturated carbocycles. The molecule has 0 aromatic rings. The zero-order valence-electron chi connectivity index (χ0n) is 12.3. The third kappa shape index (κ3) is 4.18. The van der Waals surface area contributed by atoms with E-state index in [0.29, 0.717) is 0 Å². The first-order valence-corrected chi connectivity index (χ1v) is 6.55. The summed E-state index contributed by atoms with van der Waals surface area (Å²) in [5.74, 6) is -0.479. The average molecular weight is 275 g/mol. The summed E-state index contributed by atoms with van der Waals surface area (Å²) in [5.41, 5.74) is -2.07. The molecule has 1 heterocycles. The molecule has 1 amide bonds. The van der Waals surface area contributed by atoms with E-state index in [1.54, 1.807) is 20.8 Å². The lowest BCUT2D eigenvalue weighted by Gasteiger charge is -2.37. The van der Waals surface area contributed by atoms with E-state index in [1.807, 2.05) is 0 Å². The highest BCUT2D eigenvalue weighted by atomic mass is 19.1. The Balaban J connectivity index is 2.63. The Bertz CT molecular complexity index is 373. The van der Waals surface area contributed by atoms with Crippen LogP contribution in [-0.4, -0.2) is 35.4 Å². The van der Waals surface area contributed by atoms with E-state index in [-0.39, 0.29) is 31.5 Å². The summed E-state index contributed by atoms with van der Waals surface area (Å²) >= 11 is 0. The number of halogens is 2. The Hall–Kier alpha value is -1.13. The third-order valence-electron chi connectivity index (χ3n) is 3.40. The maximum atomic E-state index is 14.5. The van der Waals surface area contributed by atoms with Gasteiger partial charge in [0.15, 0.2) is 0 Å². The first kappa shape index (κ1) is 15.9. The second-order valence-corrected chi connectivity index (χ2v) is 6.09. The van der Waals surface area contributed by atoms with Gasteiger partial charge in [-0.25, -0.2) is 13.6 Å². The van der Waals surface area contributed by atoms with Crippen molar-refractivity contribution in [1.82, 2.24) is 4.90 Å². The zero-order chi connectivity index (χ0) is 14.8. The Labute approximate surface area is 113 Å². The number of rotatable bonds is 1. The maximum Gasteiger partial charge on any atom is 0.410 e. The largest absolute Gasteiger partial charge is 0.444 e. The van der Waals surface area contributed by atoms with Crippen molar-refractivity contribution >= 4 is 6.09 Å². The predicted molar refractivity (Wildman–Crippen MR) is 70.4 cm³/mol. The van der Waals surface area contributed by atoms with Crippen LogP contribution in [0.25, 0.3) is 0 Å². The highest BCUT2D eigenvalue weighted by molar-refractivity contribution is 5.68. The molecule has 0 unspecified atom stereocenters. The molecule has 0 radical (unpaired) electrons. The fourth-order valence-corrected chi connectivity index (χ4v) is 2.05. The van der Waals surface area contributed by atoms with Crippen molar-refractivity contribution in [3.63, 3.8) is 0 Å². The van der Waals surface area contributed by atoms with Gasteiger partial charge in [-0.05, 0) is 40.2 Å². The van der Waals surface area contributed by atoms with Gasteiger partial charge in [0, 0.05) is 25.9 Å². The maximum absolute atomic E-state index is 14.5. The van der Waals surface area contributed by atoms with E-state index in [2.05, 4.69) is 0 Å². The number of amides is 1. The van der Waals surface area contributed by atoms with Crippen molar-refractivity contribution in [2.45, 2.75) is 58.7 Å². The Kier molecular flexibility index (Phi) is 4.59. The van der Waals surface area contributed by atoms with Crippen molar-refractivity contribution in [2.24, 2.45) is 0 Å². The highest BCUT2D eigenvalue weighted by Crippen LogP contribution is 2.35. The van der Waals surface area contributed by atoms with Gasteiger partial charge in [-0.15, -0.1) is 0 Å². The smallest absolute Gasteiger partial charge is 0.410 e. The summed E-state index contributed by atoms with van der Waals surface area (Å²) in [7, 11) is 0. The second kappa shape index (κ2) is 5.47. The molecular weight excluding hydrogens is 252 g/mol. The topological polar surface area (TPSA) is 29.5 Å². The summed E-state index contributed by atoms with van der Waals surface area (Å²) in [4.78, 5) is 13.3. The Morgan fingerprint density at radius 3 is 2.05 bits per heavy atom. The lowest BCUT2D eigenvalue weighted by Crippen LogP contribution is -2.46. The van der Waals surface area contributed by atoms with Gasteiger partial charge >= 0.3 is 6.09 Å². The second-order valence-electron chi connectivity index (χ2n) is 6.09. The molecule has 0 aromatic carbocycles. The van der Waals surface area contributed by atoms with Crippen LogP contribution in [-0.2, 0) is 4.74 Å². The van der Waals surface area contributed by atoms with Crippen LogP contribution in [0.4, 0.5) is 13.6 Å². The summed E-state index contributed by atoms with van der Waals surface area (Å²) < 4.78 is 32.9. The normalized spacial score (nSPS) is 20.9. The van der Waals surface area contributed by atoms with E-state index in [4.69, 9.17) is 4.74 Å². The lowest BCUT2D eigenvalue weighted by atomic mass is 9.86. The summed E-state index contributed by atoms with van der Waals surface area (Å²) in [5, 5.41) is 0. The Morgan fingerprint density at radius 1 is 1.21 bits per heavy atom. The van der Waals surface area contributed by atoms with Gasteiger partial charge in [0.05, 0.1) is 5.83 Å². The molecule has 0 bridgehead atoms. The number of carbonyl (C=O) groups is 1. The fraction of sp³-hybridized carbons (Fsp3) is 0.786. The van der Waals surface area contributed by atoms with Gasteiger partial charge in [-0.2, -0.15) is 0 Å². The van der Waals surface area contributed by atoms with Gasteiger partial charge in [0.25, 0.3) is 0 Å². The van der Waals surface area contributed by atoms with E-state index in [9.17, 15) is 13.6 Å². The minimum Gasteiger partial charge on any atom is -0.444 e. The molecule has 19 heavy (non-hydrogen) atoms. The van der Waals surface area contributed by atoms with Crippen LogP contribution >= 0.6 is 0 Å². The van der Waals surface area contributed by atoms with E-state index < -0.39 is 23.2 Å². The van der Waals surface area contributed by atoms with Gasteiger partial charge in [0.1, 0.15) is 11.3 Å². The van der Waals surface area contributed by atoms with Crippen molar-refractivity contribution in [2.75, 3.05) is 13.1 Å². The lowest BCUT2D eigenvalue weighted by molar-refractivity contribution is 0.00898. The molecule has 0 atom stereocenters. The number of allylic oxidation sites excluding steroid dienone is 2. The summed E-state index contributed by atoms with van der Waals surface area (Å²) in [6, 6.07) is 0. The molecule has 1 fully saturated rings. The quantitative estimate of drug-likeness (QED) is 0.724. The first-order chi connectivity index (χ1) is 8.55. The molecular formula is C14H23F2NO2. The summed E-state index contributed by atoms with van der Waals surface area (Å²) in [6.07, 6.45) is -0.216. The molecule has 1 aliphatic rings. The zero-order valence-corrected chi connectivity index (χ0v) is 12.3. The molecule has 110 valence electrons. The summed E-state index contributed by atoms with van der Waals surface area (Å²) in [6.45, 7) is 8.58. The number of alkyl halides is 1. The van der Waals surface area contributed by atoms with Crippen molar-refractivity contribution in [3.8, 4) is 0 Å². The predicted octanol–water partition coefficient (Wildman–Crippen LogP) is 3.99. The first-order valence-electron chi connectivity index (χ1n) is 6.55. The van der Waals surface area contributed by atoms with Crippen LogP contribution in [0.5, 0.6) is 0 Å². The molecule has 0 aliphatic carbocycles. The standard InChI is InChI=1S/C14H23F2NO2/c1-10(11(2)15)14(16)6-8-17(9-7-14)12(18)19-13(3,4)5/h6-9H2,1-5H3. The third-order valence-corrected chi connectivity index (χ3v) is 3.40. The van der Waals surface area contributed by atoms with Crippen molar-refractivity contribution in [1.29, 1.82) is 0 Å². The number of piperidine rings is 1. The number of nitrogens with zero attached hydrogens (tertiary/aromatic N) is 1. The molecule has 1 aliphatic heterocycles. The van der Waals surface area contributed by atoms with E-state index >= 15 is 0 Å². The van der Waals surface area contributed by atoms with Crippen molar-refractivity contribution < 1.29 is 18.3 Å². The fourth-order valence-electron chi connectivity index (χ4n) is 2.05. The van der Waals surface area contributed by atoms with Crippen LogP contribution in [0, 0.1) is 0 Å². The number of likely N-dealkylation sites (tertiary alicyclic amines) is 1. The Morgan fingerprint density at radius 2 is 1.68 bits per heavy atom. The number of hydrogen-bond acceptors (Lipinski definition) is 2. The number of carbonyl (C=O) groups excluding carboxylic acids is 1. The molecule has 3 nitrogen and oxygen atoms in total.